The molecule has 0 saturated heterocycles. The lowest BCUT2D eigenvalue weighted by atomic mass is 10.1. The van der Waals surface area contributed by atoms with Gasteiger partial charge >= 0.3 is 0 Å². The Bertz CT molecular complexity index is 883. The van der Waals surface area contributed by atoms with Gasteiger partial charge in [-0.2, -0.15) is 5.26 Å². The summed E-state index contributed by atoms with van der Waals surface area (Å²) in [6, 6.07) is 15.1. The van der Waals surface area contributed by atoms with Gasteiger partial charge in [-0.25, -0.2) is 13.1 Å². The molecular weight excluding hydrogens is 338 g/mol. The molecule has 0 saturated carbocycles. The molecule has 0 spiro atoms. The Kier molecular flexibility index (Phi) is 5.91. The Labute approximate surface area is 147 Å². The van der Waals surface area contributed by atoms with Crippen LogP contribution in [0, 0.1) is 18.3 Å². The van der Waals surface area contributed by atoms with Crippen molar-refractivity contribution in [1.82, 2.24) is 4.72 Å². The molecule has 0 aliphatic heterocycles. The molecule has 0 fully saturated rings. The van der Waals surface area contributed by atoms with E-state index in [1.807, 2.05) is 37.3 Å². The topological polar surface area (TPSA) is 90.3 Å². The van der Waals surface area contributed by atoms with Gasteiger partial charge < -0.3 is 4.90 Å². The largest absolute Gasteiger partial charge is 0.311 e. The van der Waals surface area contributed by atoms with E-state index in [-0.39, 0.29) is 23.8 Å². The number of benzene rings is 2. The van der Waals surface area contributed by atoms with Crippen LogP contribution in [0.1, 0.15) is 22.3 Å². The number of aryl methyl sites for hydroxylation is 1. The van der Waals surface area contributed by atoms with Gasteiger partial charge in [-0.05, 0) is 43.3 Å². The normalized spacial score (nSPS) is 10.9. The molecule has 25 heavy (non-hydrogen) atoms. The van der Waals surface area contributed by atoms with E-state index in [0.29, 0.717) is 5.56 Å². The quantitative estimate of drug-likeness (QED) is 0.804. The van der Waals surface area contributed by atoms with Crippen LogP contribution in [-0.2, 0) is 10.0 Å². The van der Waals surface area contributed by atoms with Crippen LogP contribution in [0.5, 0.6) is 0 Å². The number of rotatable bonds is 6. The molecule has 0 aromatic heterocycles. The van der Waals surface area contributed by atoms with Crippen molar-refractivity contribution in [3.05, 3.63) is 59.7 Å². The second-order valence-electron chi connectivity index (χ2n) is 5.53. The zero-order valence-electron chi connectivity index (χ0n) is 14.1. The zero-order chi connectivity index (χ0) is 18.4. The standard InChI is InChI=1S/C18H19N3O3S/c1-14-4-8-16(9-5-14)21(2)18(22)15-6-10-17(11-7-15)25(23,24)20-13-3-12-19/h4-11,20H,3,13H2,1-2H3. The van der Waals surface area contributed by atoms with Crippen molar-refractivity contribution >= 4 is 21.6 Å². The maximum Gasteiger partial charge on any atom is 0.258 e. The lowest BCUT2D eigenvalue weighted by Gasteiger charge is -2.17. The maximum absolute atomic E-state index is 12.5. The third-order valence-electron chi connectivity index (χ3n) is 3.67. The van der Waals surface area contributed by atoms with E-state index in [4.69, 9.17) is 5.26 Å². The van der Waals surface area contributed by atoms with Crippen molar-refractivity contribution in [3.8, 4) is 6.07 Å². The Morgan fingerprint density at radius 2 is 1.72 bits per heavy atom. The summed E-state index contributed by atoms with van der Waals surface area (Å²) >= 11 is 0. The summed E-state index contributed by atoms with van der Waals surface area (Å²) in [5.74, 6) is -0.231. The van der Waals surface area contributed by atoms with Crippen LogP contribution >= 0.6 is 0 Å². The van der Waals surface area contributed by atoms with Crippen molar-refractivity contribution < 1.29 is 13.2 Å². The minimum atomic E-state index is -3.68. The van der Waals surface area contributed by atoms with Gasteiger partial charge in [0, 0.05) is 31.3 Å². The molecule has 0 bridgehead atoms. The van der Waals surface area contributed by atoms with Gasteiger partial charge in [0.05, 0.1) is 11.0 Å². The number of nitriles is 1. The van der Waals surface area contributed by atoms with Crippen molar-refractivity contribution in [2.45, 2.75) is 18.2 Å². The molecule has 2 rings (SSSR count). The molecule has 1 amide bonds. The van der Waals surface area contributed by atoms with E-state index in [9.17, 15) is 13.2 Å². The maximum atomic E-state index is 12.5. The minimum absolute atomic E-state index is 0.0513. The van der Waals surface area contributed by atoms with Crippen molar-refractivity contribution in [2.75, 3.05) is 18.5 Å². The van der Waals surface area contributed by atoms with Crippen molar-refractivity contribution in [3.63, 3.8) is 0 Å². The van der Waals surface area contributed by atoms with Crippen LogP contribution < -0.4 is 9.62 Å². The van der Waals surface area contributed by atoms with Gasteiger partial charge in [0.15, 0.2) is 0 Å². The highest BCUT2D eigenvalue weighted by atomic mass is 32.2. The van der Waals surface area contributed by atoms with E-state index in [1.165, 1.54) is 29.2 Å². The van der Waals surface area contributed by atoms with Crippen molar-refractivity contribution in [2.24, 2.45) is 0 Å². The fraction of sp³-hybridized carbons (Fsp3) is 0.222. The van der Waals surface area contributed by atoms with Gasteiger partial charge in [0.25, 0.3) is 5.91 Å². The molecule has 2 aromatic carbocycles. The van der Waals surface area contributed by atoms with Crippen molar-refractivity contribution in [1.29, 1.82) is 5.26 Å². The fourth-order valence-corrected chi connectivity index (χ4v) is 3.21. The molecule has 1 N–H and O–H groups in total. The number of nitrogens with zero attached hydrogens (tertiary/aromatic N) is 2. The molecule has 6 nitrogen and oxygen atoms in total. The highest BCUT2D eigenvalue weighted by Crippen LogP contribution is 2.17. The van der Waals surface area contributed by atoms with Gasteiger partial charge in [-0.3, -0.25) is 4.79 Å². The van der Waals surface area contributed by atoms with Crippen LogP contribution in [0.25, 0.3) is 0 Å². The Morgan fingerprint density at radius 1 is 1.12 bits per heavy atom. The van der Waals surface area contributed by atoms with Crippen LogP contribution in [0.2, 0.25) is 0 Å². The summed E-state index contributed by atoms with van der Waals surface area (Å²) in [4.78, 5) is 14.1. The summed E-state index contributed by atoms with van der Waals surface area (Å²) in [6.07, 6.45) is 0.0944. The van der Waals surface area contributed by atoms with E-state index in [1.54, 1.807) is 7.05 Å². The molecule has 0 aliphatic rings. The molecule has 0 atom stereocenters. The van der Waals surface area contributed by atoms with Crippen LogP contribution in [-0.4, -0.2) is 27.9 Å². The van der Waals surface area contributed by atoms with Crippen LogP contribution in [0.4, 0.5) is 5.69 Å². The van der Waals surface area contributed by atoms with E-state index < -0.39 is 10.0 Å². The SMILES string of the molecule is Cc1ccc(N(C)C(=O)c2ccc(S(=O)(=O)NCCC#N)cc2)cc1. The van der Waals surface area contributed by atoms with Crippen LogP contribution in [0.3, 0.4) is 0 Å². The first-order chi connectivity index (χ1) is 11.8. The van der Waals surface area contributed by atoms with E-state index in [2.05, 4.69) is 4.72 Å². The number of amides is 1. The first-order valence-corrected chi connectivity index (χ1v) is 9.15. The number of anilines is 1. The first-order valence-electron chi connectivity index (χ1n) is 7.66. The molecule has 0 heterocycles. The number of hydrogen-bond donors (Lipinski definition) is 1. The van der Waals surface area contributed by atoms with E-state index in [0.717, 1.165) is 11.3 Å². The summed E-state index contributed by atoms with van der Waals surface area (Å²) in [7, 11) is -2.01. The van der Waals surface area contributed by atoms with Gasteiger partial charge in [-0.15, -0.1) is 0 Å². The lowest BCUT2D eigenvalue weighted by molar-refractivity contribution is 0.0993. The smallest absolute Gasteiger partial charge is 0.258 e. The highest BCUT2D eigenvalue weighted by molar-refractivity contribution is 7.89. The molecule has 7 heteroatoms. The monoisotopic (exact) mass is 357 g/mol. The summed E-state index contributed by atoms with van der Waals surface area (Å²) in [5, 5.41) is 8.47. The summed E-state index contributed by atoms with van der Waals surface area (Å²) in [5.41, 5.74) is 2.24. The number of hydrogen-bond acceptors (Lipinski definition) is 4. The van der Waals surface area contributed by atoms with Gasteiger partial charge in [0.1, 0.15) is 0 Å². The molecular formula is C18H19N3O3S. The lowest BCUT2D eigenvalue weighted by Crippen LogP contribution is -2.27. The first kappa shape index (κ1) is 18.6. The fourth-order valence-electron chi connectivity index (χ4n) is 2.18. The summed E-state index contributed by atoms with van der Waals surface area (Å²) in [6.45, 7) is 2.02. The van der Waals surface area contributed by atoms with Gasteiger partial charge in [0.2, 0.25) is 10.0 Å². The predicted octanol–water partition coefficient (Wildman–Crippen LogP) is 2.46. The molecule has 0 radical (unpaired) electrons. The van der Waals surface area contributed by atoms with Gasteiger partial charge in [-0.1, -0.05) is 17.7 Å². The number of nitrogens with one attached hydrogen (secondary N) is 1. The number of carbonyl (C=O) groups is 1. The molecule has 0 aliphatic carbocycles. The minimum Gasteiger partial charge on any atom is -0.311 e. The van der Waals surface area contributed by atoms with Crippen LogP contribution in [0.15, 0.2) is 53.4 Å². The number of sulfonamides is 1. The zero-order valence-corrected chi connectivity index (χ0v) is 14.9. The second-order valence-corrected chi connectivity index (χ2v) is 7.30. The third kappa shape index (κ3) is 4.66. The average Bonchev–Trinajstić information content (AvgIpc) is 2.61. The Hall–Kier alpha value is -2.69. The highest BCUT2D eigenvalue weighted by Gasteiger charge is 2.17. The second kappa shape index (κ2) is 7.92. The molecule has 2 aromatic rings. The summed E-state index contributed by atoms with van der Waals surface area (Å²) < 4.78 is 26.5. The molecule has 0 unspecified atom stereocenters. The third-order valence-corrected chi connectivity index (χ3v) is 5.14. The predicted molar refractivity (Wildman–Crippen MR) is 95.8 cm³/mol. The molecule has 130 valence electrons. The average molecular weight is 357 g/mol. The Morgan fingerprint density at radius 3 is 2.28 bits per heavy atom. The van der Waals surface area contributed by atoms with E-state index >= 15 is 0 Å². The Balaban J connectivity index is 2.15. The number of carbonyl (C=O) groups excluding carboxylic acids is 1.